The fourth-order valence-corrected chi connectivity index (χ4v) is 2.46. The minimum Gasteiger partial charge on any atom is -0.490 e. The predicted molar refractivity (Wildman–Crippen MR) is 69.0 cm³/mol. The number of hydrogen-bond acceptors (Lipinski definition) is 4. The Morgan fingerprint density at radius 2 is 2.06 bits per heavy atom. The largest absolute Gasteiger partial charge is 0.490 e. The lowest BCUT2D eigenvalue weighted by Gasteiger charge is -2.10. The highest BCUT2D eigenvalue weighted by molar-refractivity contribution is 7.99. The van der Waals surface area contributed by atoms with Gasteiger partial charge in [-0.25, -0.2) is 0 Å². The Balaban J connectivity index is 2.02. The number of fused-ring (bicyclic) bond motifs is 1. The van der Waals surface area contributed by atoms with Crippen molar-refractivity contribution in [2.24, 2.45) is 5.92 Å². The van der Waals surface area contributed by atoms with E-state index in [9.17, 15) is 0 Å². The average molecular weight is 254 g/mol. The van der Waals surface area contributed by atoms with Gasteiger partial charge in [0.1, 0.15) is 0 Å². The summed E-state index contributed by atoms with van der Waals surface area (Å²) in [6.45, 7) is 3.71. The molecule has 1 unspecified atom stereocenters. The van der Waals surface area contributed by atoms with Gasteiger partial charge in [0, 0.05) is 23.7 Å². The van der Waals surface area contributed by atoms with Crippen molar-refractivity contribution >= 4 is 11.8 Å². The summed E-state index contributed by atoms with van der Waals surface area (Å²) in [5, 5.41) is 8.98. The molecular weight excluding hydrogens is 236 g/mol. The Kier molecular flexibility index (Phi) is 4.57. The second kappa shape index (κ2) is 6.17. The summed E-state index contributed by atoms with van der Waals surface area (Å²) >= 11 is 1.74. The molecular formula is C13H18O3S. The monoisotopic (exact) mass is 254 g/mol. The maximum atomic E-state index is 8.98. The molecule has 0 saturated heterocycles. The summed E-state index contributed by atoms with van der Waals surface area (Å²) < 4.78 is 11.2. The van der Waals surface area contributed by atoms with Gasteiger partial charge in [0.2, 0.25) is 0 Å². The number of rotatable bonds is 4. The normalized spacial score (nSPS) is 16.4. The van der Waals surface area contributed by atoms with E-state index in [-0.39, 0.29) is 6.61 Å². The Morgan fingerprint density at radius 3 is 2.82 bits per heavy atom. The molecule has 3 nitrogen and oxygen atoms in total. The van der Waals surface area contributed by atoms with Gasteiger partial charge in [0.25, 0.3) is 0 Å². The Bertz CT molecular complexity index is 368. The van der Waals surface area contributed by atoms with Crippen LogP contribution in [0.15, 0.2) is 23.1 Å². The van der Waals surface area contributed by atoms with Crippen molar-refractivity contribution in [3.8, 4) is 11.5 Å². The molecule has 0 radical (unpaired) electrons. The number of hydrogen-bond donors (Lipinski definition) is 1. The van der Waals surface area contributed by atoms with Crippen LogP contribution in [-0.4, -0.2) is 30.7 Å². The van der Waals surface area contributed by atoms with E-state index >= 15 is 0 Å². The van der Waals surface area contributed by atoms with E-state index in [2.05, 4.69) is 0 Å². The van der Waals surface area contributed by atoms with Gasteiger partial charge >= 0.3 is 0 Å². The Morgan fingerprint density at radius 1 is 1.29 bits per heavy atom. The molecule has 94 valence electrons. The van der Waals surface area contributed by atoms with Crippen molar-refractivity contribution in [1.29, 1.82) is 0 Å². The molecule has 1 heterocycles. The fourth-order valence-electron chi connectivity index (χ4n) is 1.52. The van der Waals surface area contributed by atoms with E-state index in [1.54, 1.807) is 11.8 Å². The highest BCUT2D eigenvalue weighted by Crippen LogP contribution is 2.34. The quantitative estimate of drug-likeness (QED) is 0.838. The summed E-state index contributed by atoms with van der Waals surface area (Å²) in [6, 6.07) is 6.03. The molecule has 0 fully saturated rings. The van der Waals surface area contributed by atoms with Crippen molar-refractivity contribution in [2.75, 3.05) is 25.6 Å². The number of benzene rings is 1. The fraction of sp³-hybridized carbons (Fsp3) is 0.538. The third-order valence-electron chi connectivity index (χ3n) is 2.57. The SMILES string of the molecule is CC(CO)CSc1ccc2c(c1)OCCCO2. The van der Waals surface area contributed by atoms with Crippen molar-refractivity contribution < 1.29 is 14.6 Å². The molecule has 0 bridgehead atoms. The molecule has 0 saturated carbocycles. The molecule has 17 heavy (non-hydrogen) atoms. The topological polar surface area (TPSA) is 38.7 Å². The zero-order chi connectivity index (χ0) is 12.1. The third kappa shape index (κ3) is 3.54. The first-order valence-corrected chi connectivity index (χ1v) is 6.91. The second-order valence-corrected chi connectivity index (χ2v) is 5.35. The molecule has 1 aromatic rings. The molecule has 1 N–H and O–H groups in total. The highest BCUT2D eigenvalue weighted by atomic mass is 32.2. The van der Waals surface area contributed by atoms with Crippen LogP contribution >= 0.6 is 11.8 Å². The lowest BCUT2D eigenvalue weighted by Crippen LogP contribution is -2.03. The molecule has 0 amide bonds. The number of thioether (sulfide) groups is 1. The summed E-state index contributed by atoms with van der Waals surface area (Å²) in [4.78, 5) is 1.16. The molecule has 0 spiro atoms. The Labute approximate surface area is 106 Å². The van der Waals surface area contributed by atoms with E-state index in [1.807, 2.05) is 25.1 Å². The smallest absolute Gasteiger partial charge is 0.162 e. The molecule has 1 aliphatic heterocycles. The van der Waals surface area contributed by atoms with Crippen LogP contribution in [0.25, 0.3) is 0 Å². The van der Waals surface area contributed by atoms with Gasteiger partial charge in [-0.15, -0.1) is 11.8 Å². The van der Waals surface area contributed by atoms with Gasteiger partial charge < -0.3 is 14.6 Å². The van der Waals surface area contributed by atoms with Gasteiger partial charge in [-0.1, -0.05) is 6.92 Å². The predicted octanol–water partition coefficient (Wildman–Crippen LogP) is 2.57. The number of aliphatic hydroxyl groups is 1. The van der Waals surface area contributed by atoms with E-state index in [0.29, 0.717) is 12.5 Å². The van der Waals surface area contributed by atoms with E-state index in [0.717, 1.165) is 35.2 Å². The lowest BCUT2D eigenvalue weighted by molar-refractivity contribution is 0.250. The molecule has 1 atom stereocenters. The van der Waals surface area contributed by atoms with Crippen LogP contribution < -0.4 is 9.47 Å². The van der Waals surface area contributed by atoms with Crippen LogP contribution in [0.4, 0.5) is 0 Å². The molecule has 0 aromatic heterocycles. The summed E-state index contributed by atoms with van der Waals surface area (Å²) in [6.07, 6.45) is 0.929. The van der Waals surface area contributed by atoms with Crippen LogP contribution in [0.2, 0.25) is 0 Å². The van der Waals surface area contributed by atoms with E-state index < -0.39 is 0 Å². The molecule has 1 aromatic carbocycles. The summed E-state index contributed by atoms with van der Waals surface area (Å²) in [5.41, 5.74) is 0. The van der Waals surface area contributed by atoms with Crippen LogP contribution in [0, 0.1) is 5.92 Å². The second-order valence-electron chi connectivity index (χ2n) is 4.26. The Hall–Kier alpha value is -0.870. The van der Waals surface area contributed by atoms with Crippen molar-refractivity contribution in [3.63, 3.8) is 0 Å². The van der Waals surface area contributed by atoms with Crippen molar-refractivity contribution in [1.82, 2.24) is 0 Å². The van der Waals surface area contributed by atoms with Crippen molar-refractivity contribution in [2.45, 2.75) is 18.2 Å². The maximum absolute atomic E-state index is 8.98. The first kappa shape index (κ1) is 12.6. The standard InChI is InChI=1S/C13H18O3S/c1-10(8-14)9-17-11-3-4-12-13(7-11)16-6-2-5-15-12/h3-4,7,10,14H,2,5-6,8-9H2,1H3. The van der Waals surface area contributed by atoms with E-state index in [4.69, 9.17) is 14.6 Å². The minimum absolute atomic E-state index is 0.234. The summed E-state index contributed by atoms with van der Waals surface area (Å²) in [7, 11) is 0. The first-order chi connectivity index (χ1) is 8.29. The van der Waals surface area contributed by atoms with E-state index in [1.165, 1.54) is 0 Å². The molecule has 0 aliphatic carbocycles. The number of aliphatic hydroxyl groups excluding tert-OH is 1. The molecule has 1 aliphatic rings. The third-order valence-corrected chi connectivity index (χ3v) is 3.89. The van der Waals surface area contributed by atoms with Gasteiger partial charge in [-0.3, -0.25) is 0 Å². The molecule has 4 heteroatoms. The average Bonchev–Trinajstić information content (AvgIpc) is 2.60. The van der Waals surface area contributed by atoms with Crippen LogP contribution in [-0.2, 0) is 0 Å². The van der Waals surface area contributed by atoms with Crippen LogP contribution in [0.1, 0.15) is 13.3 Å². The van der Waals surface area contributed by atoms with Crippen molar-refractivity contribution in [3.05, 3.63) is 18.2 Å². The lowest BCUT2D eigenvalue weighted by atomic mass is 10.2. The highest BCUT2D eigenvalue weighted by Gasteiger charge is 2.11. The van der Waals surface area contributed by atoms with Gasteiger partial charge in [-0.2, -0.15) is 0 Å². The minimum atomic E-state index is 0.234. The summed E-state index contributed by atoms with van der Waals surface area (Å²) in [5.74, 6) is 2.90. The van der Waals surface area contributed by atoms with Gasteiger partial charge in [0.15, 0.2) is 11.5 Å². The van der Waals surface area contributed by atoms with Crippen LogP contribution in [0.5, 0.6) is 11.5 Å². The maximum Gasteiger partial charge on any atom is 0.162 e. The van der Waals surface area contributed by atoms with Crippen LogP contribution in [0.3, 0.4) is 0 Å². The number of ether oxygens (including phenoxy) is 2. The van der Waals surface area contributed by atoms with Gasteiger partial charge in [-0.05, 0) is 24.1 Å². The first-order valence-electron chi connectivity index (χ1n) is 5.93. The van der Waals surface area contributed by atoms with Gasteiger partial charge in [0.05, 0.1) is 13.2 Å². The zero-order valence-corrected chi connectivity index (χ0v) is 10.8. The molecule has 2 rings (SSSR count). The zero-order valence-electron chi connectivity index (χ0n) is 10.0.